The Kier molecular flexibility index (Phi) is 3.47. The fourth-order valence-corrected chi connectivity index (χ4v) is 0.642. The van der Waals surface area contributed by atoms with Crippen molar-refractivity contribution in [3.63, 3.8) is 0 Å². The van der Waals surface area contributed by atoms with Gasteiger partial charge in [-0.1, -0.05) is 13.8 Å². The molecule has 0 saturated carbocycles. The Morgan fingerprint density at radius 3 is 1.89 bits per heavy atom. The summed E-state index contributed by atoms with van der Waals surface area (Å²) in [5.74, 6) is 0.421. The molecule has 0 spiro atoms. The van der Waals surface area contributed by atoms with E-state index in [0.29, 0.717) is 0 Å². The van der Waals surface area contributed by atoms with Gasteiger partial charge in [-0.25, -0.2) is 0 Å². The number of ketones is 1. The number of Topliss-reactive ketones (excluding diaryl/α,β-unsaturated/α-hetero) is 1. The van der Waals surface area contributed by atoms with Crippen molar-refractivity contribution >= 4 is 5.78 Å². The highest BCUT2D eigenvalue weighted by Crippen LogP contribution is 1.97. The van der Waals surface area contributed by atoms with Gasteiger partial charge in [-0.15, -0.1) is 0 Å². The van der Waals surface area contributed by atoms with Crippen LogP contribution in [0.4, 0.5) is 0 Å². The van der Waals surface area contributed by atoms with Gasteiger partial charge in [0.2, 0.25) is 0 Å². The smallest absolute Gasteiger partial charge is 0.151 e. The average molecular weight is 129 g/mol. The summed E-state index contributed by atoms with van der Waals surface area (Å²) in [6.07, 6.45) is 0. The van der Waals surface area contributed by atoms with E-state index in [4.69, 9.17) is 0 Å². The van der Waals surface area contributed by atoms with Crippen molar-refractivity contribution in [2.75, 3.05) is 7.05 Å². The molecule has 54 valence electrons. The molecule has 0 radical (unpaired) electrons. The summed E-state index contributed by atoms with van der Waals surface area (Å²) in [7, 11) is 1.80. The predicted octanol–water partition coefficient (Wildman–Crippen LogP) is 0.819. The van der Waals surface area contributed by atoms with Crippen molar-refractivity contribution in [1.82, 2.24) is 5.32 Å². The first-order valence-electron chi connectivity index (χ1n) is 3.30. The molecule has 0 fully saturated rings. The largest absolute Gasteiger partial charge is 0.311 e. The molecule has 0 amide bonds. The fraction of sp³-hybridized carbons (Fsp3) is 0.857. The van der Waals surface area contributed by atoms with Gasteiger partial charge in [0.1, 0.15) is 0 Å². The summed E-state index contributed by atoms with van der Waals surface area (Å²) >= 11 is 0. The molecular formula is C7H15NO. The third-order valence-electron chi connectivity index (χ3n) is 1.43. The van der Waals surface area contributed by atoms with E-state index in [2.05, 4.69) is 5.32 Å². The van der Waals surface area contributed by atoms with E-state index >= 15 is 0 Å². The van der Waals surface area contributed by atoms with Gasteiger partial charge in [-0.2, -0.15) is 0 Å². The van der Waals surface area contributed by atoms with E-state index in [9.17, 15) is 4.79 Å². The molecule has 2 heteroatoms. The number of carbonyl (C=O) groups is 1. The molecule has 0 rings (SSSR count). The van der Waals surface area contributed by atoms with Crippen LogP contribution in [0.15, 0.2) is 0 Å². The topological polar surface area (TPSA) is 29.1 Å². The van der Waals surface area contributed by atoms with E-state index in [1.54, 1.807) is 7.05 Å². The normalized spacial score (nSPS) is 13.9. The monoisotopic (exact) mass is 129 g/mol. The van der Waals surface area contributed by atoms with Gasteiger partial charge in [0.25, 0.3) is 0 Å². The highest BCUT2D eigenvalue weighted by molar-refractivity contribution is 5.85. The highest BCUT2D eigenvalue weighted by Gasteiger charge is 2.12. The van der Waals surface area contributed by atoms with E-state index < -0.39 is 0 Å². The molecule has 0 aliphatic carbocycles. The first-order valence-corrected chi connectivity index (χ1v) is 3.30. The lowest BCUT2D eigenvalue weighted by molar-refractivity contribution is -0.123. The van der Waals surface area contributed by atoms with Crippen LogP contribution in [0, 0.1) is 5.92 Å². The summed E-state index contributed by atoms with van der Waals surface area (Å²) < 4.78 is 0. The van der Waals surface area contributed by atoms with Crippen molar-refractivity contribution in [3.05, 3.63) is 0 Å². The van der Waals surface area contributed by atoms with Gasteiger partial charge in [0.05, 0.1) is 6.04 Å². The fourth-order valence-electron chi connectivity index (χ4n) is 0.642. The molecule has 0 bridgehead atoms. The lowest BCUT2D eigenvalue weighted by Crippen LogP contribution is -2.33. The van der Waals surface area contributed by atoms with Crippen LogP contribution < -0.4 is 5.32 Å². The van der Waals surface area contributed by atoms with E-state index in [1.165, 1.54) is 0 Å². The summed E-state index contributed by atoms with van der Waals surface area (Å²) in [5, 5.41) is 2.90. The first-order chi connectivity index (χ1) is 4.09. The van der Waals surface area contributed by atoms with Crippen molar-refractivity contribution in [2.24, 2.45) is 5.92 Å². The molecule has 1 N–H and O–H groups in total. The Hall–Kier alpha value is -0.370. The van der Waals surface area contributed by atoms with Gasteiger partial charge < -0.3 is 5.32 Å². The van der Waals surface area contributed by atoms with E-state index in [-0.39, 0.29) is 17.7 Å². The molecule has 1 atom stereocenters. The van der Waals surface area contributed by atoms with Gasteiger partial charge in [0, 0.05) is 5.92 Å². The molecule has 0 saturated heterocycles. The van der Waals surface area contributed by atoms with Crippen LogP contribution in [0.5, 0.6) is 0 Å². The second-order valence-corrected chi connectivity index (χ2v) is 2.57. The number of nitrogens with one attached hydrogen (secondary N) is 1. The molecule has 0 aliphatic heterocycles. The lowest BCUT2D eigenvalue weighted by atomic mass is 10.0. The zero-order chi connectivity index (χ0) is 7.44. The van der Waals surface area contributed by atoms with Crippen molar-refractivity contribution in [2.45, 2.75) is 26.8 Å². The van der Waals surface area contributed by atoms with Crippen LogP contribution in [0.3, 0.4) is 0 Å². The summed E-state index contributed by atoms with van der Waals surface area (Å²) in [6.45, 7) is 5.70. The van der Waals surface area contributed by atoms with Gasteiger partial charge in [-0.3, -0.25) is 4.79 Å². The number of likely N-dealkylation sites (N-methyl/N-ethyl adjacent to an activating group) is 1. The van der Waals surface area contributed by atoms with Crippen LogP contribution in [0.2, 0.25) is 0 Å². The second-order valence-electron chi connectivity index (χ2n) is 2.57. The maximum absolute atomic E-state index is 11.0. The van der Waals surface area contributed by atoms with Gasteiger partial charge >= 0.3 is 0 Å². The van der Waals surface area contributed by atoms with Gasteiger partial charge in [0.15, 0.2) is 5.78 Å². The first kappa shape index (κ1) is 8.63. The number of hydrogen-bond acceptors (Lipinski definition) is 2. The lowest BCUT2D eigenvalue weighted by Gasteiger charge is -2.10. The Morgan fingerprint density at radius 1 is 1.33 bits per heavy atom. The van der Waals surface area contributed by atoms with Crippen molar-refractivity contribution < 1.29 is 4.79 Å². The third-order valence-corrected chi connectivity index (χ3v) is 1.43. The maximum Gasteiger partial charge on any atom is 0.151 e. The minimum absolute atomic E-state index is 0.00463. The quantitative estimate of drug-likeness (QED) is 0.611. The summed E-state index contributed by atoms with van der Waals surface area (Å²) in [5.41, 5.74) is 0. The summed E-state index contributed by atoms with van der Waals surface area (Å²) in [6, 6.07) is 0.00463. The molecule has 0 aliphatic rings. The van der Waals surface area contributed by atoms with E-state index in [0.717, 1.165) is 0 Å². The predicted molar refractivity (Wildman–Crippen MR) is 38.4 cm³/mol. The standard InChI is InChI=1S/C7H15NO/c1-5(2)7(9)6(3)8-4/h5-6,8H,1-4H3/t6-/m1/s1. The molecule has 0 aromatic carbocycles. The van der Waals surface area contributed by atoms with Crippen LogP contribution in [-0.4, -0.2) is 18.9 Å². The number of rotatable bonds is 3. The van der Waals surface area contributed by atoms with Crippen LogP contribution in [0.25, 0.3) is 0 Å². The van der Waals surface area contributed by atoms with Gasteiger partial charge in [-0.05, 0) is 14.0 Å². The van der Waals surface area contributed by atoms with E-state index in [1.807, 2.05) is 20.8 Å². The molecule has 0 heterocycles. The van der Waals surface area contributed by atoms with Crippen LogP contribution >= 0.6 is 0 Å². The highest BCUT2D eigenvalue weighted by atomic mass is 16.1. The zero-order valence-corrected chi connectivity index (χ0v) is 6.56. The van der Waals surface area contributed by atoms with Crippen molar-refractivity contribution in [1.29, 1.82) is 0 Å². The minimum Gasteiger partial charge on any atom is -0.311 e. The van der Waals surface area contributed by atoms with Crippen LogP contribution in [0.1, 0.15) is 20.8 Å². The molecule has 0 aromatic rings. The second kappa shape index (κ2) is 3.62. The third kappa shape index (κ3) is 2.61. The Morgan fingerprint density at radius 2 is 1.78 bits per heavy atom. The Balaban J connectivity index is 3.73. The van der Waals surface area contributed by atoms with Crippen molar-refractivity contribution in [3.8, 4) is 0 Å². The van der Waals surface area contributed by atoms with Crippen LogP contribution in [-0.2, 0) is 4.79 Å². The molecule has 0 unspecified atom stereocenters. The average Bonchev–Trinajstić information content (AvgIpc) is 1.84. The maximum atomic E-state index is 11.0. The summed E-state index contributed by atoms with van der Waals surface area (Å²) in [4.78, 5) is 11.0. The molecule has 2 nitrogen and oxygen atoms in total. The molecular weight excluding hydrogens is 114 g/mol. The Bertz CT molecular complexity index is 99.1. The molecule has 0 aromatic heterocycles. The SMILES string of the molecule is CN[C@H](C)C(=O)C(C)C. The molecule has 9 heavy (non-hydrogen) atoms. The zero-order valence-electron chi connectivity index (χ0n) is 6.56. The Labute approximate surface area is 56.6 Å². The number of hydrogen-bond donors (Lipinski definition) is 1. The number of carbonyl (C=O) groups excluding carboxylic acids is 1. The minimum atomic E-state index is 0.00463.